The predicted octanol–water partition coefficient (Wildman–Crippen LogP) is 1.03. The number of hydrogen-bond acceptors (Lipinski definition) is 3. The number of alkyl halides is 3. The van der Waals surface area contributed by atoms with Crippen molar-refractivity contribution in [3.8, 4) is 5.75 Å². The van der Waals surface area contributed by atoms with E-state index in [1.807, 2.05) is 0 Å². The van der Waals surface area contributed by atoms with Gasteiger partial charge in [-0.05, 0) is 33.5 Å². The minimum Gasteiger partial charge on any atom is -0.423 e. The number of halogens is 4. The van der Waals surface area contributed by atoms with E-state index in [0.717, 1.165) is 6.07 Å². The molecular weight excluding hydrogens is 280 g/mol. The van der Waals surface area contributed by atoms with Gasteiger partial charge in [-0.1, -0.05) is 6.07 Å². The average Bonchev–Trinajstić information content (AvgIpc) is 2.06. The lowest BCUT2D eigenvalue weighted by atomic mass is 9.80. The zero-order valence-corrected chi connectivity index (χ0v) is 8.71. The Morgan fingerprint density at radius 3 is 2.33 bits per heavy atom. The van der Waals surface area contributed by atoms with Gasteiger partial charge in [-0.3, -0.25) is 0 Å². The highest BCUT2D eigenvalue weighted by Gasteiger charge is 2.32. The third-order valence-electron chi connectivity index (χ3n) is 1.48. The molecule has 0 saturated carbocycles. The first kappa shape index (κ1) is 12.3. The minimum absolute atomic E-state index is 0.0734. The first-order valence-corrected chi connectivity index (χ1v) is 4.50. The number of ether oxygens (including phenoxy) is 1. The Morgan fingerprint density at radius 1 is 1.27 bits per heavy atom. The maximum absolute atomic E-state index is 11.9. The van der Waals surface area contributed by atoms with Crippen molar-refractivity contribution in [3.63, 3.8) is 0 Å². The molecule has 0 radical (unpaired) electrons. The molecule has 1 aromatic carbocycles. The molecule has 0 aliphatic rings. The highest BCUT2D eigenvalue weighted by atomic mass is 79.9. The summed E-state index contributed by atoms with van der Waals surface area (Å²) in [6, 6.07) is 3.38. The van der Waals surface area contributed by atoms with E-state index in [4.69, 9.17) is 10.0 Å². The van der Waals surface area contributed by atoms with Crippen LogP contribution < -0.4 is 10.2 Å². The molecule has 3 nitrogen and oxygen atoms in total. The molecule has 1 aromatic rings. The van der Waals surface area contributed by atoms with E-state index in [9.17, 15) is 13.2 Å². The van der Waals surface area contributed by atoms with Crippen molar-refractivity contribution in [3.05, 3.63) is 22.7 Å². The molecule has 8 heteroatoms. The van der Waals surface area contributed by atoms with Crippen LogP contribution in [0.1, 0.15) is 0 Å². The van der Waals surface area contributed by atoms with Crippen LogP contribution in [0, 0.1) is 0 Å². The van der Waals surface area contributed by atoms with Crippen LogP contribution in [-0.4, -0.2) is 23.5 Å². The molecule has 0 bridgehead atoms. The zero-order chi connectivity index (χ0) is 11.6. The monoisotopic (exact) mass is 284 g/mol. The third kappa shape index (κ3) is 3.73. The first-order valence-electron chi connectivity index (χ1n) is 3.71. The van der Waals surface area contributed by atoms with Crippen molar-refractivity contribution in [1.29, 1.82) is 0 Å². The summed E-state index contributed by atoms with van der Waals surface area (Å²) in [4.78, 5) is 0. The summed E-state index contributed by atoms with van der Waals surface area (Å²) >= 11 is 2.84. The van der Waals surface area contributed by atoms with Gasteiger partial charge in [-0.2, -0.15) is 0 Å². The fraction of sp³-hybridized carbons (Fsp3) is 0.143. The molecule has 0 aromatic heterocycles. The molecule has 0 spiro atoms. The molecule has 82 valence electrons. The molecule has 0 saturated heterocycles. The summed E-state index contributed by atoms with van der Waals surface area (Å²) in [6.07, 6.45) is -4.82. The van der Waals surface area contributed by atoms with Gasteiger partial charge in [-0.25, -0.2) is 0 Å². The van der Waals surface area contributed by atoms with Gasteiger partial charge in [0.2, 0.25) is 0 Å². The lowest BCUT2D eigenvalue weighted by Gasteiger charge is -2.11. The van der Waals surface area contributed by atoms with Crippen LogP contribution in [0.3, 0.4) is 0 Å². The van der Waals surface area contributed by atoms with Crippen molar-refractivity contribution in [2.24, 2.45) is 0 Å². The van der Waals surface area contributed by atoms with Gasteiger partial charge in [0.15, 0.2) is 0 Å². The maximum Gasteiger partial charge on any atom is 0.573 e. The summed E-state index contributed by atoms with van der Waals surface area (Å²) in [5.74, 6) is -0.520. The van der Waals surface area contributed by atoms with E-state index in [2.05, 4.69) is 20.7 Å². The van der Waals surface area contributed by atoms with E-state index in [1.165, 1.54) is 12.1 Å². The molecule has 0 aliphatic heterocycles. The van der Waals surface area contributed by atoms with Gasteiger partial charge < -0.3 is 14.8 Å². The van der Waals surface area contributed by atoms with Gasteiger partial charge in [0, 0.05) is 0 Å². The Hall–Kier alpha value is -0.725. The maximum atomic E-state index is 11.9. The fourth-order valence-electron chi connectivity index (χ4n) is 0.883. The molecule has 0 atom stereocenters. The smallest absolute Gasteiger partial charge is 0.423 e. The number of hydrogen-bond donors (Lipinski definition) is 2. The number of rotatable bonds is 2. The Labute approximate surface area is 91.8 Å². The van der Waals surface area contributed by atoms with Gasteiger partial charge >= 0.3 is 13.5 Å². The van der Waals surface area contributed by atoms with Crippen LogP contribution in [-0.2, 0) is 0 Å². The van der Waals surface area contributed by atoms with Gasteiger partial charge in [0.25, 0.3) is 0 Å². The van der Waals surface area contributed by atoms with Crippen LogP contribution >= 0.6 is 15.9 Å². The van der Waals surface area contributed by atoms with Crippen molar-refractivity contribution < 1.29 is 28.0 Å². The fourth-order valence-corrected chi connectivity index (χ4v) is 1.21. The topological polar surface area (TPSA) is 49.7 Å². The largest absolute Gasteiger partial charge is 0.573 e. The van der Waals surface area contributed by atoms with E-state index in [-0.39, 0.29) is 9.94 Å². The van der Waals surface area contributed by atoms with Crippen molar-refractivity contribution in [2.45, 2.75) is 6.36 Å². The third-order valence-corrected chi connectivity index (χ3v) is 2.13. The SMILES string of the molecule is OB(O)c1ccc(Br)c(OC(F)(F)F)c1. The van der Waals surface area contributed by atoms with Crippen molar-refractivity contribution in [1.82, 2.24) is 0 Å². The molecule has 0 unspecified atom stereocenters. The standard InChI is InChI=1S/C7H5BBrF3O3/c9-5-2-1-4(8(13)14)3-6(5)15-7(10,11)12/h1-3,13-14H. The molecule has 0 amide bonds. The first-order chi connectivity index (χ1) is 6.79. The Bertz CT molecular complexity index is 356. The predicted molar refractivity (Wildman–Crippen MR) is 50.7 cm³/mol. The van der Waals surface area contributed by atoms with Gasteiger partial charge in [-0.15, -0.1) is 13.2 Å². The lowest BCUT2D eigenvalue weighted by molar-refractivity contribution is -0.274. The quantitative estimate of drug-likeness (QED) is 0.798. The molecule has 0 fully saturated rings. The lowest BCUT2D eigenvalue weighted by Crippen LogP contribution is -2.30. The van der Waals surface area contributed by atoms with E-state index in [0.29, 0.717) is 0 Å². The van der Waals surface area contributed by atoms with E-state index in [1.54, 1.807) is 0 Å². The summed E-state index contributed by atoms with van der Waals surface area (Å²) in [6.45, 7) is 0. The Balaban J connectivity index is 3.01. The molecule has 0 heterocycles. The molecule has 15 heavy (non-hydrogen) atoms. The summed E-state index contributed by atoms with van der Waals surface area (Å²) < 4.78 is 39.4. The normalized spacial score (nSPS) is 11.3. The second-order valence-electron chi connectivity index (χ2n) is 2.61. The van der Waals surface area contributed by atoms with Crippen LogP contribution in [0.25, 0.3) is 0 Å². The van der Waals surface area contributed by atoms with E-state index >= 15 is 0 Å². The second kappa shape index (κ2) is 4.42. The molecule has 1 rings (SSSR count). The van der Waals surface area contributed by atoms with Gasteiger partial charge in [0.05, 0.1) is 4.47 Å². The van der Waals surface area contributed by atoms with Crippen LogP contribution in [0.4, 0.5) is 13.2 Å². The molecule has 0 aliphatic carbocycles. The van der Waals surface area contributed by atoms with Crippen LogP contribution in [0.15, 0.2) is 22.7 Å². The van der Waals surface area contributed by atoms with Crippen LogP contribution in [0.2, 0.25) is 0 Å². The minimum atomic E-state index is -4.82. The van der Waals surface area contributed by atoms with Crippen molar-refractivity contribution >= 4 is 28.5 Å². The highest BCUT2D eigenvalue weighted by Crippen LogP contribution is 2.29. The Kier molecular flexibility index (Phi) is 3.64. The van der Waals surface area contributed by atoms with Crippen LogP contribution in [0.5, 0.6) is 5.75 Å². The molecular formula is C7H5BBrF3O3. The average molecular weight is 285 g/mol. The van der Waals surface area contributed by atoms with Gasteiger partial charge in [0.1, 0.15) is 5.75 Å². The summed E-state index contributed by atoms with van der Waals surface area (Å²) in [5.41, 5.74) is -0.0857. The Morgan fingerprint density at radius 2 is 1.87 bits per heavy atom. The number of benzene rings is 1. The zero-order valence-electron chi connectivity index (χ0n) is 7.12. The molecule has 2 N–H and O–H groups in total. The summed E-state index contributed by atoms with van der Waals surface area (Å²) in [7, 11) is -1.84. The second-order valence-corrected chi connectivity index (χ2v) is 3.47. The van der Waals surface area contributed by atoms with E-state index < -0.39 is 19.2 Å². The summed E-state index contributed by atoms with van der Waals surface area (Å²) in [5, 5.41) is 17.5. The van der Waals surface area contributed by atoms with Crippen molar-refractivity contribution in [2.75, 3.05) is 0 Å². The highest BCUT2D eigenvalue weighted by molar-refractivity contribution is 9.10.